The van der Waals surface area contributed by atoms with Crippen LogP contribution in [0.2, 0.25) is 0 Å². The van der Waals surface area contributed by atoms with Gasteiger partial charge in [0.05, 0.1) is 11.0 Å². The van der Waals surface area contributed by atoms with Gasteiger partial charge in [-0.3, -0.25) is 14.6 Å². The van der Waals surface area contributed by atoms with Gasteiger partial charge in [-0.05, 0) is 49.1 Å². The van der Waals surface area contributed by atoms with Crippen LogP contribution in [0.3, 0.4) is 0 Å². The van der Waals surface area contributed by atoms with Gasteiger partial charge in [0.2, 0.25) is 0 Å². The molecule has 134 valence electrons. The van der Waals surface area contributed by atoms with Crippen LogP contribution in [0, 0.1) is 18.6 Å². The van der Waals surface area contributed by atoms with Gasteiger partial charge in [-0.25, -0.2) is 8.78 Å². The highest BCUT2D eigenvalue weighted by molar-refractivity contribution is 5.88. The van der Waals surface area contributed by atoms with E-state index in [4.69, 9.17) is 0 Å². The lowest BCUT2D eigenvalue weighted by atomic mass is 9.96. The van der Waals surface area contributed by atoms with Crippen molar-refractivity contribution in [2.75, 3.05) is 0 Å². The van der Waals surface area contributed by atoms with Crippen LogP contribution in [0.1, 0.15) is 17.7 Å². The summed E-state index contributed by atoms with van der Waals surface area (Å²) >= 11 is 0. The molecule has 0 fully saturated rings. The van der Waals surface area contributed by atoms with Gasteiger partial charge in [-0.2, -0.15) is 5.10 Å². The van der Waals surface area contributed by atoms with E-state index in [1.807, 2.05) is 22.9 Å². The minimum absolute atomic E-state index is 0.324. The van der Waals surface area contributed by atoms with Gasteiger partial charge >= 0.3 is 0 Å². The van der Waals surface area contributed by atoms with E-state index in [2.05, 4.69) is 15.1 Å². The van der Waals surface area contributed by atoms with Crippen LogP contribution in [-0.4, -0.2) is 19.7 Å². The molecule has 2 aromatic heterocycles. The van der Waals surface area contributed by atoms with Crippen LogP contribution < -0.4 is 0 Å². The zero-order chi connectivity index (χ0) is 18.5. The summed E-state index contributed by atoms with van der Waals surface area (Å²) in [7, 11) is 0. The Kier molecular flexibility index (Phi) is 3.53. The fourth-order valence-electron chi connectivity index (χ4n) is 3.78. The van der Waals surface area contributed by atoms with Crippen LogP contribution in [0.15, 0.2) is 42.7 Å². The van der Waals surface area contributed by atoms with Crippen molar-refractivity contribution in [1.29, 1.82) is 0 Å². The van der Waals surface area contributed by atoms with Crippen molar-refractivity contribution in [3.05, 3.63) is 65.6 Å². The molecular weight excluding hydrogens is 346 g/mol. The Bertz CT molecular complexity index is 1200. The molecule has 0 atom stereocenters. The van der Waals surface area contributed by atoms with Crippen LogP contribution in [0.5, 0.6) is 0 Å². The molecule has 0 N–H and O–H groups in total. The van der Waals surface area contributed by atoms with E-state index in [1.165, 1.54) is 6.07 Å². The summed E-state index contributed by atoms with van der Waals surface area (Å²) in [5.41, 5.74) is 5.74. The third-order valence-corrected chi connectivity index (χ3v) is 5.10. The lowest BCUT2D eigenvalue weighted by Crippen LogP contribution is -1.96. The van der Waals surface area contributed by atoms with Crippen molar-refractivity contribution in [2.24, 2.45) is 0 Å². The third-order valence-electron chi connectivity index (χ3n) is 5.10. The maximum absolute atomic E-state index is 14.6. The van der Waals surface area contributed by atoms with Crippen molar-refractivity contribution in [3.63, 3.8) is 0 Å². The van der Waals surface area contributed by atoms with E-state index in [9.17, 15) is 8.78 Å². The fourth-order valence-corrected chi connectivity index (χ4v) is 3.78. The lowest BCUT2D eigenvalue weighted by Gasteiger charge is -2.09. The molecule has 5 rings (SSSR count). The molecule has 4 aromatic rings. The van der Waals surface area contributed by atoms with Gasteiger partial charge in [-0.15, -0.1) is 0 Å². The Morgan fingerprint density at radius 3 is 2.63 bits per heavy atom. The summed E-state index contributed by atoms with van der Waals surface area (Å²) in [5, 5.41) is 4.67. The van der Waals surface area contributed by atoms with Crippen LogP contribution in [-0.2, 0) is 13.0 Å². The van der Waals surface area contributed by atoms with E-state index in [0.717, 1.165) is 53.3 Å². The first kappa shape index (κ1) is 16.1. The summed E-state index contributed by atoms with van der Waals surface area (Å²) in [6.45, 7) is 2.44. The Morgan fingerprint density at radius 1 is 0.963 bits per heavy atom. The molecule has 0 radical (unpaired) electrons. The second kappa shape index (κ2) is 5.94. The Balaban J connectivity index is 1.78. The van der Waals surface area contributed by atoms with E-state index >= 15 is 0 Å². The maximum atomic E-state index is 14.6. The van der Waals surface area contributed by atoms with Crippen molar-refractivity contribution in [1.82, 2.24) is 19.7 Å². The molecule has 2 aromatic carbocycles. The molecule has 0 saturated heterocycles. The largest absolute Gasteiger partial charge is 0.268 e. The average Bonchev–Trinajstić information content (AvgIpc) is 3.25. The predicted octanol–water partition coefficient (Wildman–Crippen LogP) is 4.69. The normalized spacial score (nSPS) is 13.3. The average molecular weight is 362 g/mol. The highest BCUT2D eigenvalue weighted by Gasteiger charge is 2.26. The fraction of sp³-hybridized carbons (Fsp3) is 0.190. The van der Waals surface area contributed by atoms with Crippen LogP contribution in [0.4, 0.5) is 8.78 Å². The first-order valence-corrected chi connectivity index (χ1v) is 8.88. The molecule has 27 heavy (non-hydrogen) atoms. The van der Waals surface area contributed by atoms with E-state index < -0.39 is 11.6 Å². The summed E-state index contributed by atoms with van der Waals surface area (Å²) < 4.78 is 30.3. The standard InChI is InChI=1S/C21H16F2N4/c1-12-9-14(16(23)11-15(12)22)21-20(19-3-2-8-27(19)26-21)13-4-5-17-18(10-13)25-7-6-24-17/h4-7,9-11H,2-3,8H2,1H3. The number of rotatable bonds is 2. The maximum Gasteiger partial charge on any atom is 0.135 e. The Morgan fingerprint density at radius 2 is 1.78 bits per heavy atom. The number of nitrogens with zero attached hydrogens (tertiary/aromatic N) is 4. The molecular formula is C21H16F2N4. The highest BCUT2D eigenvalue weighted by Crippen LogP contribution is 2.39. The quantitative estimate of drug-likeness (QED) is 0.519. The van der Waals surface area contributed by atoms with Crippen molar-refractivity contribution in [3.8, 4) is 22.4 Å². The van der Waals surface area contributed by atoms with Crippen molar-refractivity contribution < 1.29 is 8.78 Å². The third kappa shape index (κ3) is 2.51. The molecule has 0 spiro atoms. The minimum atomic E-state index is -0.600. The number of fused-ring (bicyclic) bond motifs is 2. The molecule has 0 aliphatic carbocycles. The molecule has 6 heteroatoms. The number of aromatic nitrogens is 4. The monoisotopic (exact) mass is 362 g/mol. The first-order chi connectivity index (χ1) is 13.1. The molecule has 0 unspecified atom stereocenters. The number of hydrogen-bond donors (Lipinski definition) is 0. The van der Waals surface area contributed by atoms with Gasteiger partial charge < -0.3 is 0 Å². The SMILES string of the molecule is Cc1cc(-c2nn3c(c2-c2ccc4nccnc4c2)CCC3)c(F)cc1F. The molecule has 1 aliphatic heterocycles. The highest BCUT2D eigenvalue weighted by atomic mass is 19.1. The number of hydrogen-bond acceptors (Lipinski definition) is 3. The molecule has 3 heterocycles. The summed E-state index contributed by atoms with van der Waals surface area (Å²) in [6, 6.07) is 8.30. The first-order valence-electron chi connectivity index (χ1n) is 8.88. The van der Waals surface area contributed by atoms with Gasteiger partial charge in [-0.1, -0.05) is 6.07 Å². The Labute approximate surface area is 154 Å². The van der Waals surface area contributed by atoms with Gasteiger partial charge in [0.25, 0.3) is 0 Å². The molecule has 0 amide bonds. The van der Waals surface area contributed by atoms with E-state index in [-0.39, 0.29) is 0 Å². The topological polar surface area (TPSA) is 43.6 Å². The molecule has 0 bridgehead atoms. The molecule has 4 nitrogen and oxygen atoms in total. The smallest absolute Gasteiger partial charge is 0.135 e. The zero-order valence-electron chi connectivity index (χ0n) is 14.7. The second-order valence-corrected chi connectivity index (χ2v) is 6.84. The Hall–Kier alpha value is -3.15. The van der Waals surface area contributed by atoms with Crippen molar-refractivity contribution in [2.45, 2.75) is 26.3 Å². The zero-order valence-corrected chi connectivity index (χ0v) is 14.7. The van der Waals surface area contributed by atoms with Gasteiger partial charge in [0, 0.05) is 41.8 Å². The van der Waals surface area contributed by atoms with E-state index in [1.54, 1.807) is 19.3 Å². The predicted molar refractivity (Wildman–Crippen MR) is 99.2 cm³/mol. The van der Waals surface area contributed by atoms with Crippen molar-refractivity contribution >= 4 is 11.0 Å². The lowest BCUT2D eigenvalue weighted by molar-refractivity contribution is 0.578. The summed E-state index contributed by atoms with van der Waals surface area (Å²) in [6.07, 6.45) is 5.19. The number of benzene rings is 2. The molecule has 0 saturated carbocycles. The van der Waals surface area contributed by atoms with Crippen LogP contribution >= 0.6 is 0 Å². The number of halogens is 2. The molecule has 1 aliphatic rings. The number of aryl methyl sites for hydroxylation is 2. The van der Waals surface area contributed by atoms with E-state index in [0.29, 0.717) is 16.8 Å². The summed E-state index contributed by atoms with van der Waals surface area (Å²) in [4.78, 5) is 8.68. The summed E-state index contributed by atoms with van der Waals surface area (Å²) in [5.74, 6) is -1.15. The van der Waals surface area contributed by atoms with Gasteiger partial charge in [0.15, 0.2) is 0 Å². The van der Waals surface area contributed by atoms with Crippen LogP contribution in [0.25, 0.3) is 33.4 Å². The van der Waals surface area contributed by atoms with Gasteiger partial charge in [0.1, 0.15) is 17.3 Å². The second-order valence-electron chi connectivity index (χ2n) is 6.84. The minimum Gasteiger partial charge on any atom is -0.268 e.